The molecule has 0 amide bonds. The van der Waals surface area contributed by atoms with Crippen LogP contribution in [0.4, 0.5) is 5.82 Å². The van der Waals surface area contributed by atoms with Gasteiger partial charge in [0.25, 0.3) is 0 Å². The summed E-state index contributed by atoms with van der Waals surface area (Å²) in [5.41, 5.74) is 2.18. The molecule has 0 bridgehead atoms. The Morgan fingerprint density at radius 3 is 2.86 bits per heavy atom. The third kappa shape index (κ3) is 3.14. The second-order valence-electron chi connectivity index (χ2n) is 3.22. The van der Waals surface area contributed by atoms with Gasteiger partial charge in [-0.25, -0.2) is 4.98 Å². The summed E-state index contributed by atoms with van der Waals surface area (Å²) >= 11 is 3.42. The first kappa shape index (κ1) is 11.2. The van der Waals surface area contributed by atoms with Crippen LogP contribution in [0.1, 0.15) is 19.0 Å². The van der Waals surface area contributed by atoms with Crippen molar-refractivity contribution in [2.75, 3.05) is 11.9 Å². The van der Waals surface area contributed by atoms with Crippen molar-refractivity contribution in [2.24, 2.45) is 0 Å². The van der Waals surface area contributed by atoms with Crippen molar-refractivity contribution in [1.82, 2.24) is 4.98 Å². The number of aromatic nitrogens is 1. The molecule has 0 aromatic carbocycles. The van der Waals surface area contributed by atoms with Crippen LogP contribution in [0.25, 0.3) is 0 Å². The Morgan fingerprint density at radius 2 is 2.29 bits per heavy atom. The van der Waals surface area contributed by atoms with Crippen molar-refractivity contribution < 1.29 is 0 Å². The average molecular weight is 255 g/mol. The number of rotatable bonds is 4. The molecule has 0 aliphatic carbocycles. The van der Waals surface area contributed by atoms with E-state index in [9.17, 15) is 0 Å². The van der Waals surface area contributed by atoms with Gasteiger partial charge in [-0.15, -0.1) is 0 Å². The van der Waals surface area contributed by atoms with Crippen LogP contribution in [-0.2, 0) is 0 Å². The number of nitrogens with one attached hydrogen (secondary N) is 1. The zero-order chi connectivity index (χ0) is 10.6. The number of pyridine rings is 1. The molecule has 0 radical (unpaired) electrons. The van der Waals surface area contributed by atoms with Gasteiger partial charge in [0.1, 0.15) is 5.82 Å². The standard InChI is InChI=1S/C11H15BrN2/c1-4-8(2)7-13-11-6-5-10(12)9(3)14-11/h5-6H,2,4,7H2,1,3H3,(H,13,14). The Morgan fingerprint density at radius 1 is 1.57 bits per heavy atom. The highest BCUT2D eigenvalue weighted by Gasteiger charge is 1.98. The minimum atomic E-state index is 0.796. The molecule has 0 atom stereocenters. The molecule has 1 N–H and O–H groups in total. The van der Waals surface area contributed by atoms with Gasteiger partial charge in [-0.3, -0.25) is 0 Å². The maximum Gasteiger partial charge on any atom is 0.126 e. The predicted molar refractivity (Wildman–Crippen MR) is 64.6 cm³/mol. The van der Waals surface area contributed by atoms with Crippen molar-refractivity contribution >= 4 is 21.7 Å². The third-order valence-electron chi connectivity index (χ3n) is 2.04. The van der Waals surface area contributed by atoms with Crippen LogP contribution in [0, 0.1) is 6.92 Å². The summed E-state index contributed by atoms with van der Waals surface area (Å²) in [4.78, 5) is 4.38. The van der Waals surface area contributed by atoms with E-state index in [4.69, 9.17) is 0 Å². The lowest BCUT2D eigenvalue weighted by Crippen LogP contribution is -2.05. The highest BCUT2D eigenvalue weighted by molar-refractivity contribution is 9.10. The Kier molecular flexibility index (Phi) is 4.14. The van der Waals surface area contributed by atoms with Gasteiger partial charge in [0.05, 0.1) is 5.69 Å². The molecular weight excluding hydrogens is 240 g/mol. The van der Waals surface area contributed by atoms with Crippen LogP contribution in [0.2, 0.25) is 0 Å². The van der Waals surface area contributed by atoms with Crippen molar-refractivity contribution in [3.05, 3.63) is 34.5 Å². The predicted octanol–water partition coefficient (Wildman–Crippen LogP) is 3.53. The fraction of sp³-hybridized carbons (Fsp3) is 0.364. The smallest absolute Gasteiger partial charge is 0.126 e. The summed E-state index contributed by atoms with van der Waals surface area (Å²) in [6, 6.07) is 3.96. The second-order valence-corrected chi connectivity index (χ2v) is 4.08. The highest BCUT2D eigenvalue weighted by atomic mass is 79.9. The van der Waals surface area contributed by atoms with E-state index in [0.717, 1.165) is 29.0 Å². The van der Waals surface area contributed by atoms with Crippen molar-refractivity contribution in [3.63, 3.8) is 0 Å². The van der Waals surface area contributed by atoms with Gasteiger partial charge >= 0.3 is 0 Å². The van der Waals surface area contributed by atoms with E-state index < -0.39 is 0 Å². The molecule has 1 aromatic rings. The summed E-state index contributed by atoms with van der Waals surface area (Å²) in [6.07, 6.45) is 1.00. The van der Waals surface area contributed by atoms with Gasteiger partial charge in [0.15, 0.2) is 0 Å². The number of halogens is 1. The van der Waals surface area contributed by atoms with E-state index in [-0.39, 0.29) is 0 Å². The van der Waals surface area contributed by atoms with E-state index in [1.807, 2.05) is 19.1 Å². The van der Waals surface area contributed by atoms with Crippen molar-refractivity contribution in [1.29, 1.82) is 0 Å². The van der Waals surface area contributed by atoms with E-state index in [2.05, 4.69) is 39.7 Å². The number of aryl methyl sites for hydroxylation is 1. The van der Waals surface area contributed by atoms with Crippen LogP contribution in [0.3, 0.4) is 0 Å². The van der Waals surface area contributed by atoms with Gasteiger partial charge in [-0.2, -0.15) is 0 Å². The Bertz CT molecular complexity index is 334. The maximum atomic E-state index is 4.38. The summed E-state index contributed by atoms with van der Waals surface area (Å²) in [6.45, 7) is 8.80. The van der Waals surface area contributed by atoms with Gasteiger partial charge < -0.3 is 5.32 Å². The quantitative estimate of drug-likeness (QED) is 0.832. The Balaban J connectivity index is 2.60. The van der Waals surface area contributed by atoms with Crippen LogP contribution in [-0.4, -0.2) is 11.5 Å². The van der Waals surface area contributed by atoms with Crippen LogP contribution < -0.4 is 5.32 Å². The lowest BCUT2D eigenvalue weighted by atomic mass is 10.2. The molecule has 0 spiro atoms. The largest absolute Gasteiger partial charge is 0.366 e. The Hall–Kier alpha value is -0.830. The first-order valence-electron chi connectivity index (χ1n) is 4.67. The van der Waals surface area contributed by atoms with Gasteiger partial charge in [-0.05, 0) is 41.4 Å². The molecule has 1 heterocycles. The molecular formula is C11H15BrN2. The van der Waals surface area contributed by atoms with Gasteiger partial charge in [0.2, 0.25) is 0 Å². The van der Waals surface area contributed by atoms with E-state index in [1.165, 1.54) is 5.57 Å². The summed E-state index contributed by atoms with van der Waals surface area (Å²) < 4.78 is 1.04. The molecule has 76 valence electrons. The van der Waals surface area contributed by atoms with Gasteiger partial charge in [0, 0.05) is 11.0 Å². The fourth-order valence-corrected chi connectivity index (χ4v) is 1.20. The molecule has 0 aliphatic heterocycles. The minimum Gasteiger partial charge on any atom is -0.366 e. The zero-order valence-electron chi connectivity index (χ0n) is 8.60. The molecule has 1 rings (SSSR count). The second kappa shape index (κ2) is 5.15. The summed E-state index contributed by atoms with van der Waals surface area (Å²) in [7, 11) is 0. The van der Waals surface area contributed by atoms with Crippen molar-refractivity contribution in [2.45, 2.75) is 20.3 Å². The van der Waals surface area contributed by atoms with Crippen LogP contribution in [0.5, 0.6) is 0 Å². The molecule has 1 aromatic heterocycles. The van der Waals surface area contributed by atoms with Gasteiger partial charge in [-0.1, -0.05) is 19.1 Å². The molecule has 0 saturated heterocycles. The van der Waals surface area contributed by atoms with E-state index in [1.54, 1.807) is 0 Å². The summed E-state index contributed by atoms with van der Waals surface area (Å²) in [5, 5.41) is 3.23. The molecule has 0 aliphatic rings. The highest BCUT2D eigenvalue weighted by Crippen LogP contribution is 2.16. The first-order chi connectivity index (χ1) is 6.63. The summed E-state index contributed by atoms with van der Waals surface area (Å²) in [5.74, 6) is 0.903. The molecule has 3 heteroatoms. The Labute approximate surface area is 93.6 Å². The minimum absolute atomic E-state index is 0.796. The molecule has 0 fully saturated rings. The third-order valence-corrected chi connectivity index (χ3v) is 2.88. The van der Waals surface area contributed by atoms with Crippen LogP contribution in [0.15, 0.2) is 28.8 Å². The molecule has 0 saturated carbocycles. The van der Waals surface area contributed by atoms with Crippen LogP contribution >= 0.6 is 15.9 Å². The molecule has 14 heavy (non-hydrogen) atoms. The fourth-order valence-electron chi connectivity index (χ4n) is 0.983. The molecule has 2 nitrogen and oxygen atoms in total. The zero-order valence-corrected chi connectivity index (χ0v) is 10.2. The van der Waals surface area contributed by atoms with Crippen molar-refractivity contribution in [3.8, 4) is 0 Å². The lowest BCUT2D eigenvalue weighted by Gasteiger charge is -2.07. The molecule has 0 unspecified atom stereocenters. The monoisotopic (exact) mass is 254 g/mol. The number of nitrogens with zero attached hydrogens (tertiary/aromatic N) is 1. The first-order valence-corrected chi connectivity index (χ1v) is 5.46. The number of hydrogen-bond acceptors (Lipinski definition) is 2. The number of hydrogen-bond donors (Lipinski definition) is 1. The lowest BCUT2D eigenvalue weighted by molar-refractivity contribution is 1.03. The topological polar surface area (TPSA) is 24.9 Å². The van der Waals surface area contributed by atoms with E-state index in [0.29, 0.717) is 0 Å². The average Bonchev–Trinajstić information content (AvgIpc) is 2.19. The number of anilines is 1. The maximum absolute atomic E-state index is 4.38. The normalized spacial score (nSPS) is 9.93. The van der Waals surface area contributed by atoms with E-state index >= 15 is 0 Å². The SMILES string of the molecule is C=C(CC)CNc1ccc(Br)c(C)n1.